The molecular weight excluding hydrogens is 216 g/mol. The standard InChI is InChI=1S/C18H36/c1-14(2)17-9-7-8-16(4)18(5,6)13-12-15(3)10-11-17/h14-17H,7-13H2,1-6H3. The number of rotatable bonds is 1. The average molecular weight is 252 g/mol. The zero-order valence-electron chi connectivity index (χ0n) is 13.8. The van der Waals surface area contributed by atoms with Crippen molar-refractivity contribution in [1.82, 2.24) is 0 Å². The van der Waals surface area contributed by atoms with Crippen molar-refractivity contribution in [2.45, 2.75) is 86.5 Å². The maximum atomic E-state index is 2.49. The molecule has 1 aliphatic carbocycles. The molecular formula is C18H36. The molecule has 18 heavy (non-hydrogen) atoms. The van der Waals surface area contributed by atoms with Crippen molar-refractivity contribution in [2.75, 3.05) is 0 Å². The summed E-state index contributed by atoms with van der Waals surface area (Å²) >= 11 is 0. The van der Waals surface area contributed by atoms with E-state index in [2.05, 4.69) is 41.5 Å². The summed E-state index contributed by atoms with van der Waals surface area (Å²) in [5.74, 6) is 3.66. The Morgan fingerprint density at radius 1 is 0.889 bits per heavy atom. The molecule has 0 bridgehead atoms. The minimum absolute atomic E-state index is 0.548. The van der Waals surface area contributed by atoms with Crippen LogP contribution in [0.3, 0.4) is 0 Å². The van der Waals surface area contributed by atoms with Crippen LogP contribution in [0.1, 0.15) is 86.5 Å². The van der Waals surface area contributed by atoms with Gasteiger partial charge in [-0.25, -0.2) is 0 Å². The van der Waals surface area contributed by atoms with Crippen LogP contribution in [-0.4, -0.2) is 0 Å². The fourth-order valence-electron chi connectivity index (χ4n) is 3.40. The van der Waals surface area contributed by atoms with Crippen molar-refractivity contribution in [3.63, 3.8) is 0 Å². The van der Waals surface area contributed by atoms with E-state index in [1.165, 1.54) is 44.9 Å². The zero-order chi connectivity index (χ0) is 13.8. The average Bonchev–Trinajstić information content (AvgIpc) is 2.30. The van der Waals surface area contributed by atoms with Gasteiger partial charge >= 0.3 is 0 Å². The van der Waals surface area contributed by atoms with Gasteiger partial charge in [0.1, 0.15) is 0 Å². The van der Waals surface area contributed by atoms with Crippen LogP contribution in [-0.2, 0) is 0 Å². The van der Waals surface area contributed by atoms with Crippen LogP contribution < -0.4 is 0 Å². The molecule has 1 fully saturated rings. The summed E-state index contributed by atoms with van der Waals surface area (Å²) in [4.78, 5) is 0. The Hall–Kier alpha value is 0. The second-order valence-electron chi connectivity index (χ2n) is 8.05. The molecule has 0 N–H and O–H groups in total. The lowest BCUT2D eigenvalue weighted by atomic mass is 9.73. The molecule has 1 rings (SSSR count). The Morgan fingerprint density at radius 3 is 2.17 bits per heavy atom. The Kier molecular flexibility index (Phi) is 6.21. The van der Waals surface area contributed by atoms with Crippen LogP contribution in [0.2, 0.25) is 0 Å². The van der Waals surface area contributed by atoms with Crippen molar-refractivity contribution in [2.24, 2.45) is 29.1 Å². The quantitative estimate of drug-likeness (QED) is 0.513. The largest absolute Gasteiger partial charge is 0.0625 e. The summed E-state index contributed by atoms with van der Waals surface area (Å²) in [6.45, 7) is 14.8. The highest BCUT2D eigenvalue weighted by atomic mass is 14.3. The van der Waals surface area contributed by atoms with Crippen molar-refractivity contribution < 1.29 is 0 Å². The Bertz CT molecular complexity index is 226. The Morgan fingerprint density at radius 2 is 1.56 bits per heavy atom. The second kappa shape index (κ2) is 6.96. The molecule has 0 nitrogen and oxygen atoms in total. The summed E-state index contributed by atoms with van der Waals surface area (Å²) in [6.07, 6.45) is 10.1. The Labute approximate surface area is 116 Å². The Balaban J connectivity index is 2.64. The topological polar surface area (TPSA) is 0 Å². The fraction of sp³-hybridized carbons (Fsp3) is 1.00. The van der Waals surface area contributed by atoms with Crippen LogP contribution >= 0.6 is 0 Å². The lowest BCUT2D eigenvalue weighted by Crippen LogP contribution is -2.22. The first kappa shape index (κ1) is 16.1. The van der Waals surface area contributed by atoms with Gasteiger partial charge in [0.15, 0.2) is 0 Å². The lowest BCUT2D eigenvalue weighted by Gasteiger charge is -2.33. The second-order valence-corrected chi connectivity index (χ2v) is 8.05. The maximum Gasteiger partial charge on any atom is -0.0328 e. The number of hydrogen-bond donors (Lipinski definition) is 0. The van der Waals surface area contributed by atoms with Crippen LogP contribution in [0.5, 0.6) is 0 Å². The summed E-state index contributed by atoms with van der Waals surface area (Å²) in [6, 6.07) is 0. The smallest absolute Gasteiger partial charge is 0.0328 e. The predicted octanol–water partition coefficient (Wildman–Crippen LogP) is 6.30. The van der Waals surface area contributed by atoms with E-state index in [0.29, 0.717) is 5.41 Å². The fourth-order valence-corrected chi connectivity index (χ4v) is 3.40. The van der Waals surface area contributed by atoms with Gasteiger partial charge in [-0.3, -0.25) is 0 Å². The van der Waals surface area contributed by atoms with Gasteiger partial charge in [0, 0.05) is 0 Å². The lowest BCUT2D eigenvalue weighted by molar-refractivity contribution is 0.182. The zero-order valence-corrected chi connectivity index (χ0v) is 13.8. The monoisotopic (exact) mass is 252 g/mol. The molecule has 0 aliphatic heterocycles. The molecule has 0 amide bonds. The van der Waals surface area contributed by atoms with Crippen LogP contribution in [0.25, 0.3) is 0 Å². The minimum Gasteiger partial charge on any atom is -0.0625 e. The SMILES string of the molecule is CC1CCC(C(C)C)CCCC(C)C(C)(C)CC1. The molecule has 0 spiro atoms. The molecule has 0 saturated heterocycles. The van der Waals surface area contributed by atoms with E-state index in [-0.39, 0.29) is 0 Å². The molecule has 0 radical (unpaired) electrons. The highest BCUT2D eigenvalue weighted by Crippen LogP contribution is 2.39. The van der Waals surface area contributed by atoms with E-state index in [1.807, 2.05) is 0 Å². The van der Waals surface area contributed by atoms with Gasteiger partial charge in [-0.2, -0.15) is 0 Å². The summed E-state index contributed by atoms with van der Waals surface area (Å²) in [5.41, 5.74) is 0.548. The van der Waals surface area contributed by atoms with Crippen molar-refractivity contribution >= 4 is 0 Å². The maximum absolute atomic E-state index is 2.49. The van der Waals surface area contributed by atoms with Gasteiger partial charge in [-0.1, -0.05) is 73.6 Å². The van der Waals surface area contributed by atoms with Gasteiger partial charge in [0.25, 0.3) is 0 Å². The molecule has 3 atom stereocenters. The van der Waals surface area contributed by atoms with E-state index >= 15 is 0 Å². The predicted molar refractivity (Wildman–Crippen MR) is 82.8 cm³/mol. The first-order valence-electron chi connectivity index (χ1n) is 8.33. The minimum atomic E-state index is 0.548. The third-order valence-corrected chi connectivity index (χ3v) is 5.80. The van der Waals surface area contributed by atoms with E-state index in [9.17, 15) is 0 Å². The van der Waals surface area contributed by atoms with Crippen molar-refractivity contribution in [3.05, 3.63) is 0 Å². The highest BCUT2D eigenvalue weighted by molar-refractivity contribution is 4.78. The third-order valence-electron chi connectivity index (χ3n) is 5.80. The van der Waals surface area contributed by atoms with Gasteiger partial charge in [0.2, 0.25) is 0 Å². The molecule has 0 aromatic carbocycles. The summed E-state index contributed by atoms with van der Waals surface area (Å²) in [7, 11) is 0. The molecule has 108 valence electrons. The van der Waals surface area contributed by atoms with Crippen molar-refractivity contribution in [1.29, 1.82) is 0 Å². The first-order valence-corrected chi connectivity index (χ1v) is 8.33. The first-order chi connectivity index (χ1) is 8.33. The number of hydrogen-bond acceptors (Lipinski definition) is 0. The molecule has 0 aromatic heterocycles. The summed E-state index contributed by atoms with van der Waals surface area (Å²) < 4.78 is 0. The molecule has 1 saturated carbocycles. The van der Waals surface area contributed by atoms with Crippen LogP contribution in [0.15, 0.2) is 0 Å². The third kappa shape index (κ3) is 4.94. The van der Waals surface area contributed by atoms with Gasteiger partial charge in [0.05, 0.1) is 0 Å². The molecule has 3 unspecified atom stereocenters. The molecule has 0 heterocycles. The van der Waals surface area contributed by atoms with Gasteiger partial charge in [-0.05, 0) is 41.9 Å². The highest BCUT2D eigenvalue weighted by Gasteiger charge is 2.27. The van der Waals surface area contributed by atoms with Crippen molar-refractivity contribution in [3.8, 4) is 0 Å². The van der Waals surface area contributed by atoms with Gasteiger partial charge in [-0.15, -0.1) is 0 Å². The summed E-state index contributed by atoms with van der Waals surface area (Å²) in [5, 5.41) is 0. The molecule has 0 heteroatoms. The molecule has 1 aliphatic rings. The van der Waals surface area contributed by atoms with Gasteiger partial charge < -0.3 is 0 Å². The van der Waals surface area contributed by atoms with E-state index in [0.717, 1.165) is 23.7 Å². The van der Waals surface area contributed by atoms with E-state index < -0.39 is 0 Å². The molecule has 0 aromatic rings. The van der Waals surface area contributed by atoms with Crippen LogP contribution in [0, 0.1) is 29.1 Å². The van der Waals surface area contributed by atoms with E-state index in [4.69, 9.17) is 0 Å². The van der Waals surface area contributed by atoms with Crippen LogP contribution in [0.4, 0.5) is 0 Å². The normalized spacial score (nSPS) is 35.2. The van der Waals surface area contributed by atoms with E-state index in [1.54, 1.807) is 0 Å².